The van der Waals surface area contributed by atoms with Crippen molar-refractivity contribution in [1.82, 2.24) is 4.90 Å². The summed E-state index contributed by atoms with van der Waals surface area (Å²) in [7, 11) is 1.55. The van der Waals surface area contributed by atoms with Crippen molar-refractivity contribution in [3.8, 4) is 17.6 Å². The second-order valence-electron chi connectivity index (χ2n) is 6.38. The van der Waals surface area contributed by atoms with Gasteiger partial charge in [0.25, 0.3) is 0 Å². The fourth-order valence-corrected chi connectivity index (χ4v) is 3.13. The third-order valence-electron chi connectivity index (χ3n) is 4.08. The Morgan fingerprint density at radius 1 is 1.33 bits per heavy atom. The molecule has 1 aromatic rings. The van der Waals surface area contributed by atoms with Crippen LogP contribution in [-0.2, 0) is 4.79 Å². The lowest BCUT2D eigenvalue weighted by Gasteiger charge is -2.34. The van der Waals surface area contributed by atoms with E-state index in [1.54, 1.807) is 31.4 Å². The Labute approximate surface area is 143 Å². The van der Waals surface area contributed by atoms with Crippen LogP contribution in [0.4, 0.5) is 0 Å². The van der Waals surface area contributed by atoms with Crippen LogP contribution in [0.2, 0.25) is 0 Å². The van der Waals surface area contributed by atoms with Gasteiger partial charge in [-0.15, -0.1) is 0 Å². The van der Waals surface area contributed by atoms with Crippen molar-refractivity contribution in [3.05, 3.63) is 29.8 Å². The molecule has 2 rings (SSSR count). The molecule has 1 aliphatic heterocycles. The van der Waals surface area contributed by atoms with Gasteiger partial charge in [0.15, 0.2) is 18.1 Å². The number of piperidine rings is 1. The molecule has 0 radical (unpaired) electrons. The Morgan fingerprint density at radius 3 is 2.67 bits per heavy atom. The number of nitrogens with zero attached hydrogens (tertiary/aromatic N) is 2. The number of carbonyl (C=O) groups excluding carboxylic acids is 1. The molecule has 0 spiro atoms. The molecule has 1 saturated heterocycles. The van der Waals surface area contributed by atoms with Gasteiger partial charge in [0.05, 0.1) is 7.11 Å². The molecule has 1 aromatic carbocycles. The predicted molar refractivity (Wildman–Crippen MR) is 92.7 cm³/mol. The van der Waals surface area contributed by atoms with Crippen molar-refractivity contribution in [2.75, 3.05) is 26.8 Å². The number of rotatable bonds is 5. The van der Waals surface area contributed by atoms with Crippen LogP contribution in [0.25, 0.3) is 6.08 Å². The van der Waals surface area contributed by atoms with Crippen molar-refractivity contribution >= 4 is 12.0 Å². The minimum absolute atomic E-state index is 0.0324. The van der Waals surface area contributed by atoms with Crippen molar-refractivity contribution in [2.24, 2.45) is 11.8 Å². The molecule has 2 unspecified atom stereocenters. The van der Waals surface area contributed by atoms with Crippen LogP contribution in [0.1, 0.15) is 25.8 Å². The summed E-state index contributed by atoms with van der Waals surface area (Å²) in [4.78, 5) is 14.3. The lowest BCUT2D eigenvalue weighted by atomic mass is 9.92. The summed E-state index contributed by atoms with van der Waals surface area (Å²) >= 11 is 0. The first-order valence-electron chi connectivity index (χ1n) is 8.18. The maximum absolute atomic E-state index is 12.4. The summed E-state index contributed by atoms with van der Waals surface area (Å²) in [5, 5.41) is 8.58. The maximum Gasteiger partial charge on any atom is 0.246 e. The van der Waals surface area contributed by atoms with E-state index in [1.165, 1.54) is 6.42 Å². The lowest BCUT2D eigenvalue weighted by molar-refractivity contribution is -0.128. The molecule has 5 nitrogen and oxygen atoms in total. The zero-order chi connectivity index (χ0) is 17.5. The monoisotopic (exact) mass is 328 g/mol. The lowest BCUT2D eigenvalue weighted by Crippen LogP contribution is -2.41. The first kappa shape index (κ1) is 17.9. The van der Waals surface area contributed by atoms with E-state index in [-0.39, 0.29) is 12.5 Å². The van der Waals surface area contributed by atoms with Gasteiger partial charge >= 0.3 is 0 Å². The predicted octanol–water partition coefficient (Wildman–Crippen LogP) is 3.12. The Morgan fingerprint density at radius 2 is 2.04 bits per heavy atom. The smallest absolute Gasteiger partial charge is 0.246 e. The van der Waals surface area contributed by atoms with Gasteiger partial charge in [-0.2, -0.15) is 5.26 Å². The van der Waals surface area contributed by atoms with E-state index in [4.69, 9.17) is 14.7 Å². The normalized spacial score (nSPS) is 20.7. The molecule has 24 heavy (non-hydrogen) atoms. The Bertz CT molecular complexity index is 639. The average molecular weight is 328 g/mol. The van der Waals surface area contributed by atoms with Crippen LogP contribution in [0.5, 0.6) is 11.5 Å². The van der Waals surface area contributed by atoms with Crippen LogP contribution < -0.4 is 9.47 Å². The number of carbonyl (C=O) groups is 1. The highest BCUT2D eigenvalue weighted by Crippen LogP contribution is 2.28. The molecule has 1 fully saturated rings. The summed E-state index contributed by atoms with van der Waals surface area (Å²) in [5.74, 6) is 2.18. The van der Waals surface area contributed by atoms with E-state index >= 15 is 0 Å². The molecule has 0 N–H and O–H groups in total. The second kappa shape index (κ2) is 8.39. The van der Waals surface area contributed by atoms with Gasteiger partial charge in [0.1, 0.15) is 6.07 Å². The van der Waals surface area contributed by atoms with Gasteiger partial charge in [0.2, 0.25) is 5.91 Å². The maximum atomic E-state index is 12.4. The van der Waals surface area contributed by atoms with E-state index < -0.39 is 0 Å². The van der Waals surface area contributed by atoms with Crippen LogP contribution in [-0.4, -0.2) is 37.6 Å². The van der Waals surface area contributed by atoms with E-state index in [9.17, 15) is 4.79 Å². The highest BCUT2D eigenvalue weighted by atomic mass is 16.5. The summed E-state index contributed by atoms with van der Waals surface area (Å²) in [6.07, 6.45) is 4.56. The number of hydrogen-bond donors (Lipinski definition) is 0. The first-order valence-corrected chi connectivity index (χ1v) is 8.18. The number of likely N-dealkylation sites (tertiary alicyclic amines) is 1. The van der Waals surface area contributed by atoms with Crippen molar-refractivity contribution in [3.63, 3.8) is 0 Å². The molecule has 1 aliphatic rings. The first-order chi connectivity index (χ1) is 11.5. The molecule has 5 heteroatoms. The summed E-state index contributed by atoms with van der Waals surface area (Å²) in [6.45, 7) is 5.97. The molecule has 0 aromatic heterocycles. The van der Waals surface area contributed by atoms with Gasteiger partial charge in [-0.25, -0.2) is 0 Å². The Balaban J connectivity index is 2.05. The quantitative estimate of drug-likeness (QED) is 0.779. The molecular formula is C19H24N2O3. The van der Waals surface area contributed by atoms with E-state index in [2.05, 4.69) is 13.8 Å². The number of hydrogen-bond acceptors (Lipinski definition) is 4. The minimum Gasteiger partial charge on any atom is -0.493 e. The molecule has 1 heterocycles. The average Bonchev–Trinajstić information content (AvgIpc) is 2.57. The van der Waals surface area contributed by atoms with Crippen LogP contribution in [0.15, 0.2) is 24.3 Å². The molecule has 2 atom stereocenters. The molecule has 0 saturated carbocycles. The highest BCUT2D eigenvalue weighted by molar-refractivity contribution is 5.92. The van der Waals surface area contributed by atoms with Gasteiger partial charge in [0, 0.05) is 19.2 Å². The van der Waals surface area contributed by atoms with Gasteiger partial charge in [-0.1, -0.05) is 19.9 Å². The Hall–Kier alpha value is -2.48. The fourth-order valence-electron chi connectivity index (χ4n) is 3.13. The molecule has 128 valence electrons. The Kier molecular flexibility index (Phi) is 6.25. The van der Waals surface area contributed by atoms with Crippen molar-refractivity contribution in [2.45, 2.75) is 20.3 Å². The number of methoxy groups -OCH3 is 1. The van der Waals surface area contributed by atoms with E-state index in [0.29, 0.717) is 23.3 Å². The van der Waals surface area contributed by atoms with Gasteiger partial charge in [-0.3, -0.25) is 4.79 Å². The number of benzene rings is 1. The minimum atomic E-state index is -0.0324. The molecule has 0 aliphatic carbocycles. The summed E-state index contributed by atoms with van der Waals surface area (Å²) < 4.78 is 10.6. The number of amides is 1. The van der Waals surface area contributed by atoms with Gasteiger partial charge < -0.3 is 14.4 Å². The number of nitriles is 1. The standard InChI is InChI=1S/C19H24N2O3/c1-14-10-15(2)13-21(12-14)19(22)7-5-16-4-6-17(24-9-8-20)18(11-16)23-3/h4-7,11,14-15H,9-10,12-13H2,1-3H3/b7-5+. The zero-order valence-corrected chi connectivity index (χ0v) is 14.5. The molecule has 1 amide bonds. The van der Waals surface area contributed by atoms with Crippen LogP contribution in [0, 0.1) is 23.2 Å². The largest absolute Gasteiger partial charge is 0.493 e. The SMILES string of the molecule is COc1cc(/C=C/C(=O)N2CC(C)CC(C)C2)ccc1OCC#N. The third-order valence-corrected chi connectivity index (χ3v) is 4.08. The molecular weight excluding hydrogens is 304 g/mol. The second-order valence-corrected chi connectivity index (χ2v) is 6.38. The van der Waals surface area contributed by atoms with Crippen LogP contribution >= 0.6 is 0 Å². The van der Waals surface area contributed by atoms with Crippen LogP contribution in [0.3, 0.4) is 0 Å². The van der Waals surface area contributed by atoms with Gasteiger partial charge in [-0.05, 0) is 42.0 Å². The highest BCUT2D eigenvalue weighted by Gasteiger charge is 2.23. The van der Waals surface area contributed by atoms with E-state index in [1.807, 2.05) is 17.0 Å². The summed E-state index contributed by atoms with van der Waals surface area (Å²) in [6, 6.07) is 7.29. The topological polar surface area (TPSA) is 62.6 Å². The number of ether oxygens (including phenoxy) is 2. The van der Waals surface area contributed by atoms with E-state index in [0.717, 1.165) is 18.7 Å². The zero-order valence-electron chi connectivity index (χ0n) is 14.5. The van der Waals surface area contributed by atoms with Crippen molar-refractivity contribution < 1.29 is 14.3 Å². The fraction of sp³-hybridized carbons (Fsp3) is 0.474. The summed E-state index contributed by atoms with van der Waals surface area (Å²) in [5.41, 5.74) is 0.850. The van der Waals surface area contributed by atoms with Crippen molar-refractivity contribution in [1.29, 1.82) is 5.26 Å². The molecule has 0 bridgehead atoms. The third kappa shape index (κ3) is 4.76.